The molecule has 1 atom stereocenters. The molecule has 0 bridgehead atoms. The first-order valence-electron chi connectivity index (χ1n) is 10.7. The number of hydrogen-bond acceptors (Lipinski definition) is 6. The molecule has 2 aromatic heterocycles. The predicted octanol–water partition coefficient (Wildman–Crippen LogP) is 3.94. The van der Waals surface area contributed by atoms with Crippen molar-refractivity contribution in [3.8, 4) is 11.1 Å². The van der Waals surface area contributed by atoms with Crippen LogP contribution in [0.1, 0.15) is 18.5 Å². The molecule has 2 aromatic carbocycles. The van der Waals surface area contributed by atoms with E-state index in [4.69, 9.17) is 4.98 Å². The maximum Gasteiger partial charge on any atom is 0.145 e. The molecule has 3 heterocycles. The summed E-state index contributed by atoms with van der Waals surface area (Å²) in [7, 11) is 2.18. The van der Waals surface area contributed by atoms with Crippen LogP contribution in [0.4, 0.5) is 11.5 Å². The van der Waals surface area contributed by atoms with Gasteiger partial charge in [-0.15, -0.1) is 0 Å². The number of likely N-dealkylation sites (N-methyl/N-ethyl adjacent to an activating group) is 1. The quantitative estimate of drug-likeness (QED) is 0.516. The first-order valence-corrected chi connectivity index (χ1v) is 10.7. The number of nitrogens with zero attached hydrogens (tertiary/aromatic N) is 5. The third-order valence-corrected chi connectivity index (χ3v) is 5.98. The summed E-state index contributed by atoms with van der Waals surface area (Å²) < 4.78 is 0. The van der Waals surface area contributed by atoms with Crippen LogP contribution in [-0.4, -0.2) is 58.3 Å². The summed E-state index contributed by atoms with van der Waals surface area (Å²) in [6.07, 6.45) is 5.49. The molecule has 1 aliphatic rings. The second-order valence-corrected chi connectivity index (χ2v) is 8.20. The first kappa shape index (κ1) is 19.5. The van der Waals surface area contributed by atoms with Gasteiger partial charge in [-0.05, 0) is 49.4 Å². The van der Waals surface area contributed by atoms with Gasteiger partial charge in [-0.3, -0.25) is 10.1 Å². The summed E-state index contributed by atoms with van der Waals surface area (Å²) in [5, 5.41) is 10.4. The zero-order valence-corrected chi connectivity index (χ0v) is 17.9. The van der Waals surface area contributed by atoms with E-state index in [1.807, 2.05) is 30.7 Å². The number of H-pyrrole nitrogens is 1. The van der Waals surface area contributed by atoms with E-state index < -0.39 is 0 Å². The number of rotatable bonds is 5. The van der Waals surface area contributed by atoms with Gasteiger partial charge >= 0.3 is 0 Å². The number of benzene rings is 2. The molecule has 0 aliphatic carbocycles. The molecule has 2 N–H and O–H groups in total. The monoisotopic (exact) mass is 413 g/mol. The van der Waals surface area contributed by atoms with Gasteiger partial charge in [0.25, 0.3) is 0 Å². The Balaban J connectivity index is 1.32. The minimum Gasteiger partial charge on any atom is -0.369 e. The number of piperazine rings is 1. The molecular formula is C24H27N7. The van der Waals surface area contributed by atoms with E-state index in [9.17, 15) is 0 Å². The summed E-state index contributed by atoms with van der Waals surface area (Å²) in [5.41, 5.74) is 6.39. The van der Waals surface area contributed by atoms with Crippen LogP contribution in [0.15, 0.2) is 61.1 Å². The lowest BCUT2D eigenvalue weighted by atomic mass is 10.1. The fourth-order valence-electron chi connectivity index (χ4n) is 4.03. The molecule has 5 rings (SSSR count). The summed E-state index contributed by atoms with van der Waals surface area (Å²) in [6.45, 7) is 6.51. The van der Waals surface area contributed by atoms with Gasteiger partial charge in [0, 0.05) is 43.6 Å². The van der Waals surface area contributed by atoms with E-state index in [1.165, 1.54) is 11.3 Å². The maximum atomic E-state index is 4.77. The second-order valence-electron chi connectivity index (χ2n) is 8.20. The minimum absolute atomic E-state index is 0.129. The van der Waals surface area contributed by atoms with Gasteiger partial charge in [0.05, 0.1) is 29.5 Å². The Morgan fingerprint density at radius 3 is 2.65 bits per heavy atom. The second kappa shape index (κ2) is 8.35. The third-order valence-electron chi connectivity index (χ3n) is 5.98. The molecular weight excluding hydrogens is 386 g/mol. The number of aromatic nitrogens is 4. The van der Waals surface area contributed by atoms with Gasteiger partial charge in [-0.1, -0.05) is 18.2 Å². The van der Waals surface area contributed by atoms with Crippen molar-refractivity contribution in [1.82, 2.24) is 25.1 Å². The Morgan fingerprint density at radius 1 is 0.968 bits per heavy atom. The number of aromatic amines is 1. The molecule has 0 saturated carbocycles. The molecule has 0 spiro atoms. The van der Waals surface area contributed by atoms with Crippen LogP contribution in [0, 0.1) is 0 Å². The van der Waals surface area contributed by atoms with Crippen molar-refractivity contribution in [2.45, 2.75) is 13.0 Å². The van der Waals surface area contributed by atoms with Crippen LogP contribution in [-0.2, 0) is 0 Å². The van der Waals surface area contributed by atoms with Crippen LogP contribution in [0.25, 0.3) is 22.2 Å². The number of nitrogens with one attached hydrogen (secondary N) is 2. The first-order chi connectivity index (χ1) is 15.2. The van der Waals surface area contributed by atoms with E-state index in [-0.39, 0.29) is 6.04 Å². The fourth-order valence-corrected chi connectivity index (χ4v) is 4.03. The Hall–Kier alpha value is -3.45. The summed E-state index contributed by atoms with van der Waals surface area (Å²) in [6, 6.07) is 15.0. The highest BCUT2D eigenvalue weighted by Gasteiger charge is 2.16. The lowest BCUT2D eigenvalue weighted by molar-refractivity contribution is 0.313. The predicted molar refractivity (Wildman–Crippen MR) is 125 cm³/mol. The largest absolute Gasteiger partial charge is 0.369 e. The molecule has 7 nitrogen and oxygen atoms in total. The van der Waals surface area contributed by atoms with E-state index in [2.05, 4.69) is 74.6 Å². The molecule has 7 heteroatoms. The average Bonchev–Trinajstić information content (AvgIpc) is 3.34. The molecule has 0 unspecified atom stereocenters. The summed E-state index contributed by atoms with van der Waals surface area (Å²) in [5.74, 6) is 0.779. The molecule has 158 valence electrons. The van der Waals surface area contributed by atoms with E-state index in [0.717, 1.165) is 54.2 Å². The Bertz CT molecular complexity index is 1160. The van der Waals surface area contributed by atoms with Crippen LogP contribution < -0.4 is 10.2 Å². The van der Waals surface area contributed by atoms with Crippen LogP contribution in [0.3, 0.4) is 0 Å². The molecule has 1 fully saturated rings. The van der Waals surface area contributed by atoms with E-state index >= 15 is 0 Å². The van der Waals surface area contributed by atoms with Gasteiger partial charge in [0.15, 0.2) is 0 Å². The van der Waals surface area contributed by atoms with Gasteiger partial charge in [0.1, 0.15) is 5.82 Å². The normalized spacial score (nSPS) is 15.9. The molecule has 4 aromatic rings. The van der Waals surface area contributed by atoms with Crippen molar-refractivity contribution in [3.05, 3.63) is 66.6 Å². The Morgan fingerprint density at radius 2 is 1.84 bits per heavy atom. The smallest absolute Gasteiger partial charge is 0.145 e. The number of anilines is 2. The zero-order chi connectivity index (χ0) is 21.2. The van der Waals surface area contributed by atoms with Crippen molar-refractivity contribution >= 4 is 22.5 Å². The third kappa shape index (κ3) is 4.22. The van der Waals surface area contributed by atoms with Gasteiger partial charge in [0.2, 0.25) is 0 Å². The Kier molecular flexibility index (Phi) is 5.26. The summed E-state index contributed by atoms with van der Waals surface area (Å²) in [4.78, 5) is 14.2. The van der Waals surface area contributed by atoms with Gasteiger partial charge in [-0.25, -0.2) is 4.98 Å². The van der Waals surface area contributed by atoms with Gasteiger partial charge < -0.3 is 15.1 Å². The average molecular weight is 414 g/mol. The molecule has 1 saturated heterocycles. The molecule has 1 aliphatic heterocycles. The SMILES string of the molecule is C[C@@H](Nc1cnc2cc(-c3cn[nH]c3)ccc2n1)c1cccc(N2CCN(C)CC2)c1. The van der Waals surface area contributed by atoms with Crippen molar-refractivity contribution in [2.24, 2.45) is 0 Å². The Labute approximate surface area is 182 Å². The van der Waals surface area contributed by atoms with Crippen LogP contribution in [0.2, 0.25) is 0 Å². The summed E-state index contributed by atoms with van der Waals surface area (Å²) >= 11 is 0. The topological polar surface area (TPSA) is 73.0 Å². The van der Waals surface area contributed by atoms with Gasteiger partial charge in [-0.2, -0.15) is 5.10 Å². The van der Waals surface area contributed by atoms with E-state index in [1.54, 1.807) is 0 Å². The van der Waals surface area contributed by atoms with Crippen molar-refractivity contribution < 1.29 is 0 Å². The van der Waals surface area contributed by atoms with Crippen LogP contribution >= 0.6 is 0 Å². The minimum atomic E-state index is 0.129. The highest BCUT2D eigenvalue weighted by Crippen LogP contribution is 2.26. The van der Waals surface area contributed by atoms with Crippen molar-refractivity contribution in [1.29, 1.82) is 0 Å². The van der Waals surface area contributed by atoms with Crippen molar-refractivity contribution in [2.75, 3.05) is 43.4 Å². The number of fused-ring (bicyclic) bond motifs is 1. The highest BCUT2D eigenvalue weighted by molar-refractivity contribution is 5.81. The van der Waals surface area contributed by atoms with Crippen molar-refractivity contribution in [3.63, 3.8) is 0 Å². The van der Waals surface area contributed by atoms with E-state index in [0.29, 0.717) is 0 Å². The highest BCUT2D eigenvalue weighted by atomic mass is 15.2. The molecule has 0 amide bonds. The molecule has 31 heavy (non-hydrogen) atoms. The number of hydrogen-bond donors (Lipinski definition) is 2. The standard InChI is InChI=1S/C24H27N7/c1-17(18-4-3-5-21(12-18)31-10-8-30(2)9-11-31)28-24-16-25-23-13-19(6-7-22(23)29-24)20-14-26-27-15-20/h3-7,12-17H,8-11H2,1-2H3,(H,26,27)(H,28,29)/t17-/m1/s1. The maximum absolute atomic E-state index is 4.77. The lowest BCUT2D eigenvalue weighted by Crippen LogP contribution is -2.44. The van der Waals surface area contributed by atoms with Crippen LogP contribution in [0.5, 0.6) is 0 Å². The fraction of sp³-hybridized carbons (Fsp3) is 0.292. The lowest BCUT2D eigenvalue weighted by Gasteiger charge is -2.34. The molecule has 0 radical (unpaired) electrons. The zero-order valence-electron chi connectivity index (χ0n) is 17.9.